The third kappa shape index (κ3) is 9.54. The van der Waals surface area contributed by atoms with Crippen molar-refractivity contribution in [2.24, 2.45) is 5.92 Å². The molecule has 1 aromatic carbocycles. The molecule has 1 unspecified atom stereocenters. The second kappa shape index (κ2) is 14.6. The van der Waals surface area contributed by atoms with Crippen molar-refractivity contribution in [2.75, 3.05) is 6.61 Å². The highest BCUT2D eigenvalue weighted by Crippen LogP contribution is 2.23. The standard InChI is InChI=1S/C27H39NO3/c1-4-6-7-8-9-10-11-12-13-20-30-25-18-19-26(28-21-25)23-14-16-24(17-15-23)31-27(29)22(3)5-2/h14-19,21-22H,4-13,20H2,1-3H3. The zero-order chi connectivity index (χ0) is 22.3. The highest BCUT2D eigenvalue weighted by molar-refractivity contribution is 5.75. The smallest absolute Gasteiger partial charge is 0.314 e. The van der Waals surface area contributed by atoms with Gasteiger partial charge in [-0.05, 0) is 49.2 Å². The first-order chi connectivity index (χ1) is 15.1. The number of hydrogen-bond acceptors (Lipinski definition) is 4. The lowest BCUT2D eigenvalue weighted by Gasteiger charge is -2.10. The molecule has 0 saturated carbocycles. The molecule has 1 aromatic heterocycles. The summed E-state index contributed by atoms with van der Waals surface area (Å²) in [7, 11) is 0. The summed E-state index contributed by atoms with van der Waals surface area (Å²) in [5.74, 6) is 1.09. The molecule has 0 fully saturated rings. The molecule has 1 atom stereocenters. The summed E-state index contributed by atoms with van der Waals surface area (Å²) in [4.78, 5) is 16.4. The van der Waals surface area contributed by atoms with Gasteiger partial charge in [-0.1, -0.05) is 72.1 Å². The highest BCUT2D eigenvalue weighted by Gasteiger charge is 2.13. The molecule has 0 radical (unpaired) electrons. The summed E-state index contributed by atoms with van der Waals surface area (Å²) < 4.78 is 11.2. The molecule has 0 N–H and O–H groups in total. The minimum atomic E-state index is -0.193. The van der Waals surface area contributed by atoms with Gasteiger partial charge in [0.05, 0.1) is 24.4 Å². The van der Waals surface area contributed by atoms with Gasteiger partial charge in [-0.15, -0.1) is 0 Å². The highest BCUT2D eigenvalue weighted by atomic mass is 16.5. The van der Waals surface area contributed by atoms with Crippen molar-refractivity contribution in [3.05, 3.63) is 42.6 Å². The number of esters is 1. The fraction of sp³-hybridized carbons (Fsp3) is 0.556. The van der Waals surface area contributed by atoms with E-state index in [2.05, 4.69) is 11.9 Å². The number of aromatic nitrogens is 1. The number of benzene rings is 1. The molecule has 31 heavy (non-hydrogen) atoms. The molecule has 170 valence electrons. The van der Waals surface area contributed by atoms with Crippen LogP contribution < -0.4 is 9.47 Å². The van der Waals surface area contributed by atoms with E-state index in [0.717, 1.165) is 36.5 Å². The van der Waals surface area contributed by atoms with Crippen LogP contribution in [0.5, 0.6) is 11.5 Å². The molecule has 4 heteroatoms. The largest absolute Gasteiger partial charge is 0.492 e. The second-order valence-corrected chi connectivity index (χ2v) is 8.31. The van der Waals surface area contributed by atoms with Crippen LogP contribution in [0.1, 0.15) is 85.0 Å². The third-order valence-corrected chi connectivity index (χ3v) is 5.64. The first-order valence-electron chi connectivity index (χ1n) is 12.0. The number of rotatable bonds is 15. The lowest BCUT2D eigenvalue weighted by Crippen LogP contribution is -2.16. The first-order valence-corrected chi connectivity index (χ1v) is 12.0. The zero-order valence-electron chi connectivity index (χ0n) is 19.6. The molecule has 0 bridgehead atoms. The van der Waals surface area contributed by atoms with Gasteiger partial charge in [0.2, 0.25) is 0 Å². The van der Waals surface area contributed by atoms with E-state index in [4.69, 9.17) is 9.47 Å². The SMILES string of the molecule is CCCCCCCCCCCOc1ccc(-c2ccc(OC(=O)C(C)CC)cc2)nc1. The van der Waals surface area contributed by atoms with Crippen LogP contribution in [-0.2, 0) is 4.79 Å². The lowest BCUT2D eigenvalue weighted by molar-refractivity contribution is -0.138. The minimum absolute atomic E-state index is 0.0931. The van der Waals surface area contributed by atoms with Gasteiger partial charge in [-0.2, -0.15) is 0 Å². The number of carbonyl (C=O) groups is 1. The summed E-state index contributed by atoms with van der Waals surface area (Å²) in [5, 5.41) is 0. The van der Waals surface area contributed by atoms with Crippen molar-refractivity contribution < 1.29 is 14.3 Å². The van der Waals surface area contributed by atoms with Crippen LogP contribution in [0.25, 0.3) is 11.3 Å². The van der Waals surface area contributed by atoms with Crippen LogP contribution in [0.2, 0.25) is 0 Å². The fourth-order valence-electron chi connectivity index (χ4n) is 3.32. The molecule has 2 aromatic rings. The molecular weight excluding hydrogens is 386 g/mol. The van der Waals surface area contributed by atoms with Gasteiger partial charge >= 0.3 is 5.97 Å². The average molecular weight is 426 g/mol. The van der Waals surface area contributed by atoms with E-state index in [1.54, 1.807) is 6.20 Å². The van der Waals surface area contributed by atoms with Crippen molar-refractivity contribution in [1.29, 1.82) is 0 Å². The fourth-order valence-corrected chi connectivity index (χ4v) is 3.32. The Bertz CT molecular complexity index is 740. The van der Waals surface area contributed by atoms with Crippen LogP contribution in [0.3, 0.4) is 0 Å². The molecule has 0 spiro atoms. The van der Waals surface area contributed by atoms with E-state index in [-0.39, 0.29) is 11.9 Å². The van der Waals surface area contributed by atoms with E-state index in [1.807, 2.05) is 50.2 Å². The summed E-state index contributed by atoms with van der Waals surface area (Å²) in [6.45, 7) is 6.85. The number of carbonyl (C=O) groups excluding carboxylic acids is 1. The minimum Gasteiger partial charge on any atom is -0.492 e. The Balaban J connectivity index is 1.68. The van der Waals surface area contributed by atoms with E-state index < -0.39 is 0 Å². The predicted octanol–water partition coefficient (Wildman–Crippen LogP) is 7.61. The summed E-state index contributed by atoms with van der Waals surface area (Å²) in [6.07, 6.45) is 14.3. The molecule has 0 amide bonds. The maximum Gasteiger partial charge on any atom is 0.314 e. The first kappa shape index (κ1) is 24.9. The van der Waals surface area contributed by atoms with Crippen molar-refractivity contribution in [3.8, 4) is 22.8 Å². The van der Waals surface area contributed by atoms with E-state index in [1.165, 1.54) is 51.4 Å². The monoisotopic (exact) mass is 425 g/mol. The van der Waals surface area contributed by atoms with Crippen molar-refractivity contribution >= 4 is 5.97 Å². The topological polar surface area (TPSA) is 48.4 Å². The van der Waals surface area contributed by atoms with Gasteiger partial charge in [0, 0.05) is 5.56 Å². The second-order valence-electron chi connectivity index (χ2n) is 8.31. The Morgan fingerprint density at radius 2 is 1.45 bits per heavy atom. The van der Waals surface area contributed by atoms with E-state index in [9.17, 15) is 4.79 Å². The van der Waals surface area contributed by atoms with E-state index >= 15 is 0 Å². The Morgan fingerprint density at radius 1 is 0.839 bits per heavy atom. The van der Waals surface area contributed by atoms with Gasteiger partial charge in [-0.3, -0.25) is 9.78 Å². The summed E-state index contributed by atoms with van der Waals surface area (Å²) in [6, 6.07) is 11.4. The Kier molecular flexibility index (Phi) is 11.7. The predicted molar refractivity (Wildman–Crippen MR) is 127 cm³/mol. The maximum atomic E-state index is 11.9. The van der Waals surface area contributed by atoms with Crippen LogP contribution in [0, 0.1) is 5.92 Å². The number of unbranched alkanes of at least 4 members (excludes halogenated alkanes) is 8. The van der Waals surface area contributed by atoms with Crippen molar-refractivity contribution in [1.82, 2.24) is 4.98 Å². The van der Waals surface area contributed by atoms with Gasteiger partial charge in [0.25, 0.3) is 0 Å². The molecule has 0 aliphatic rings. The zero-order valence-corrected chi connectivity index (χ0v) is 19.6. The third-order valence-electron chi connectivity index (χ3n) is 5.64. The Hall–Kier alpha value is -2.36. The molecule has 1 heterocycles. The number of ether oxygens (including phenoxy) is 2. The molecule has 0 aliphatic carbocycles. The van der Waals surface area contributed by atoms with Gasteiger partial charge in [0.1, 0.15) is 11.5 Å². The normalized spacial score (nSPS) is 11.8. The number of pyridine rings is 1. The van der Waals surface area contributed by atoms with Crippen molar-refractivity contribution in [3.63, 3.8) is 0 Å². The number of hydrogen-bond donors (Lipinski definition) is 0. The van der Waals surface area contributed by atoms with Gasteiger partial charge in [-0.25, -0.2) is 0 Å². The average Bonchev–Trinajstić information content (AvgIpc) is 2.80. The molecule has 0 saturated heterocycles. The molecule has 0 aliphatic heterocycles. The van der Waals surface area contributed by atoms with Crippen LogP contribution in [0.4, 0.5) is 0 Å². The Labute approximate surface area is 188 Å². The van der Waals surface area contributed by atoms with Crippen LogP contribution in [-0.4, -0.2) is 17.6 Å². The molecule has 2 rings (SSSR count). The van der Waals surface area contributed by atoms with E-state index in [0.29, 0.717) is 5.75 Å². The summed E-state index contributed by atoms with van der Waals surface area (Å²) >= 11 is 0. The van der Waals surface area contributed by atoms with Gasteiger partial charge < -0.3 is 9.47 Å². The van der Waals surface area contributed by atoms with Crippen LogP contribution >= 0.6 is 0 Å². The van der Waals surface area contributed by atoms with Gasteiger partial charge in [0.15, 0.2) is 0 Å². The Morgan fingerprint density at radius 3 is 2.03 bits per heavy atom. The molecule has 4 nitrogen and oxygen atoms in total. The quantitative estimate of drug-likeness (QED) is 0.167. The lowest BCUT2D eigenvalue weighted by atomic mass is 10.1. The van der Waals surface area contributed by atoms with Crippen LogP contribution in [0.15, 0.2) is 42.6 Å². The summed E-state index contributed by atoms with van der Waals surface area (Å²) in [5.41, 5.74) is 1.85. The molecular formula is C27H39NO3. The van der Waals surface area contributed by atoms with Crippen molar-refractivity contribution in [2.45, 2.75) is 85.0 Å². The maximum absolute atomic E-state index is 11.9. The number of nitrogens with zero attached hydrogens (tertiary/aromatic N) is 1.